The summed E-state index contributed by atoms with van der Waals surface area (Å²) in [6.07, 6.45) is 0. The molecule has 0 saturated heterocycles. The van der Waals surface area contributed by atoms with Gasteiger partial charge in [0.2, 0.25) is 0 Å². The Hall–Kier alpha value is -1.03. The molecule has 1 aromatic carbocycles. The fraction of sp³-hybridized carbons (Fsp3) is 0.400. The predicted octanol–water partition coefficient (Wildman–Crippen LogP) is 2.76. The van der Waals surface area contributed by atoms with Crippen molar-refractivity contribution in [3.63, 3.8) is 0 Å². The van der Waals surface area contributed by atoms with Crippen LogP contribution in [0.2, 0.25) is 0 Å². The zero-order valence-corrected chi connectivity index (χ0v) is 8.02. The Balaban J connectivity index is 3.20. The summed E-state index contributed by atoms with van der Waals surface area (Å²) in [6.45, 7) is 3.51. The highest BCUT2D eigenvalue weighted by molar-refractivity contribution is 5.23. The topological polar surface area (TPSA) is 26.0 Å². The predicted molar refractivity (Wildman–Crippen MR) is 48.1 cm³/mol. The fourth-order valence-corrected chi connectivity index (χ4v) is 1.18. The third-order valence-electron chi connectivity index (χ3n) is 2.10. The van der Waals surface area contributed by atoms with E-state index < -0.39 is 23.5 Å². The summed E-state index contributed by atoms with van der Waals surface area (Å²) in [5.74, 6) is -3.15. The van der Waals surface area contributed by atoms with Gasteiger partial charge in [0, 0.05) is 17.7 Å². The highest BCUT2D eigenvalue weighted by Gasteiger charge is 2.19. The summed E-state index contributed by atoms with van der Waals surface area (Å²) in [6, 6.07) is 0.745. The van der Waals surface area contributed by atoms with Gasteiger partial charge in [0.1, 0.15) is 5.82 Å². The molecular weight excluding hydrogens is 191 g/mol. The van der Waals surface area contributed by atoms with Crippen molar-refractivity contribution in [3.05, 3.63) is 35.1 Å². The van der Waals surface area contributed by atoms with Crippen molar-refractivity contribution in [1.29, 1.82) is 0 Å². The first-order valence-electron chi connectivity index (χ1n) is 4.33. The third kappa shape index (κ3) is 2.07. The standard InChI is InChI=1S/C10H12F3N/c1-5(2)10(14)7-3-6(11)4-8(12)9(7)13/h3-5,10H,14H2,1-2H3. The third-order valence-corrected chi connectivity index (χ3v) is 2.10. The minimum atomic E-state index is -1.20. The number of benzene rings is 1. The van der Waals surface area contributed by atoms with Crippen molar-refractivity contribution in [1.82, 2.24) is 0 Å². The summed E-state index contributed by atoms with van der Waals surface area (Å²) in [5.41, 5.74) is 5.49. The number of nitrogens with two attached hydrogens (primary N) is 1. The van der Waals surface area contributed by atoms with Crippen LogP contribution in [-0.4, -0.2) is 0 Å². The van der Waals surface area contributed by atoms with Crippen molar-refractivity contribution in [2.75, 3.05) is 0 Å². The highest BCUT2D eigenvalue weighted by Crippen LogP contribution is 2.24. The van der Waals surface area contributed by atoms with Gasteiger partial charge < -0.3 is 5.73 Å². The normalized spacial score (nSPS) is 13.4. The average molecular weight is 203 g/mol. The second kappa shape index (κ2) is 4.00. The monoisotopic (exact) mass is 203 g/mol. The molecule has 0 aliphatic carbocycles. The first kappa shape index (κ1) is 11.0. The Kier molecular flexibility index (Phi) is 3.16. The number of rotatable bonds is 2. The molecule has 0 saturated carbocycles. The zero-order valence-electron chi connectivity index (χ0n) is 8.02. The van der Waals surface area contributed by atoms with Gasteiger partial charge in [-0.05, 0) is 12.0 Å². The highest BCUT2D eigenvalue weighted by atomic mass is 19.2. The first-order valence-corrected chi connectivity index (χ1v) is 4.33. The van der Waals surface area contributed by atoms with E-state index in [1.807, 2.05) is 0 Å². The van der Waals surface area contributed by atoms with Gasteiger partial charge in [0.15, 0.2) is 11.6 Å². The molecule has 0 heterocycles. The molecule has 1 aromatic rings. The van der Waals surface area contributed by atoms with E-state index in [2.05, 4.69) is 0 Å². The molecule has 0 radical (unpaired) electrons. The Morgan fingerprint density at radius 2 is 1.71 bits per heavy atom. The zero-order chi connectivity index (χ0) is 10.9. The van der Waals surface area contributed by atoms with Crippen molar-refractivity contribution in [3.8, 4) is 0 Å². The number of halogens is 3. The van der Waals surface area contributed by atoms with Gasteiger partial charge in [-0.15, -0.1) is 0 Å². The van der Waals surface area contributed by atoms with E-state index >= 15 is 0 Å². The lowest BCUT2D eigenvalue weighted by Crippen LogP contribution is -2.19. The van der Waals surface area contributed by atoms with E-state index in [-0.39, 0.29) is 11.5 Å². The van der Waals surface area contributed by atoms with E-state index in [0.29, 0.717) is 6.07 Å². The van der Waals surface area contributed by atoms with E-state index in [1.54, 1.807) is 13.8 Å². The molecule has 1 atom stereocenters. The molecule has 1 rings (SSSR count). The van der Waals surface area contributed by atoms with E-state index in [1.165, 1.54) is 0 Å². The molecule has 78 valence electrons. The van der Waals surface area contributed by atoms with Crippen LogP contribution in [0.1, 0.15) is 25.5 Å². The van der Waals surface area contributed by atoms with Crippen molar-refractivity contribution in [2.24, 2.45) is 11.7 Å². The van der Waals surface area contributed by atoms with Crippen LogP contribution in [0.25, 0.3) is 0 Å². The SMILES string of the molecule is CC(C)C(N)c1cc(F)cc(F)c1F. The quantitative estimate of drug-likeness (QED) is 0.735. The van der Waals surface area contributed by atoms with Crippen molar-refractivity contribution >= 4 is 0 Å². The molecule has 14 heavy (non-hydrogen) atoms. The van der Waals surface area contributed by atoms with Gasteiger partial charge in [-0.1, -0.05) is 13.8 Å². The Labute approximate surface area is 80.7 Å². The maximum atomic E-state index is 13.2. The van der Waals surface area contributed by atoms with E-state index in [9.17, 15) is 13.2 Å². The smallest absolute Gasteiger partial charge is 0.163 e. The van der Waals surface area contributed by atoms with E-state index in [4.69, 9.17) is 5.73 Å². The van der Waals surface area contributed by atoms with Crippen LogP contribution in [0.4, 0.5) is 13.2 Å². The summed E-state index contributed by atoms with van der Waals surface area (Å²) >= 11 is 0. The minimum Gasteiger partial charge on any atom is -0.324 e. The molecule has 0 aliphatic heterocycles. The van der Waals surface area contributed by atoms with Crippen LogP contribution in [-0.2, 0) is 0 Å². The molecule has 0 spiro atoms. The van der Waals surface area contributed by atoms with Crippen molar-refractivity contribution < 1.29 is 13.2 Å². The molecule has 0 fully saturated rings. The number of hydrogen-bond donors (Lipinski definition) is 1. The molecule has 2 N–H and O–H groups in total. The molecule has 1 nitrogen and oxygen atoms in total. The maximum absolute atomic E-state index is 13.2. The fourth-order valence-electron chi connectivity index (χ4n) is 1.18. The van der Waals surface area contributed by atoms with Gasteiger partial charge in [-0.25, -0.2) is 13.2 Å². The van der Waals surface area contributed by atoms with Crippen molar-refractivity contribution in [2.45, 2.75) is 19.9 Å². The van der Waals surface area contributed by atoms with Gasteiger partial charge in [0.05, 0.1) is 0 Å². The lowest BCUT2D eigenvalue weighted by molar-refractivity contribution is 0.443. The molecule has 0 amide bonds. The summed E-state index contributed by atoms with van der Waals surface area (Å²) in [7, 11) is 0. The Morgan fingerprint density at radius 3 is 2.21 bits per heavy atom. The van der Waals surface area contributed by atoms with Crippen LogP contribution >= 0.6 is 0 Å². The Bertz CT molecular complexity index is 336. The Morgan fingerprint density at radius 1 is 1.14 bits per heavy atom. The minimum absolute atomic E-state index is 0.0781. The molecule has 4 heteroatoms. The summed E-state index contributed by atoms with van der Waals surface area (Å²) in [4.78, 5) is 0. The van der Waals surface area contributed by atoms with Crippen LogP contribution in [0.15, 0.2) is 12.1 Å². The molecule has 0 bridgehead atoms. The molecule has 1 unspecified atom stereocenters. The largest absolute Gasteiger partial charge is 0.324 e. The molecule has 0 aliphatic rings. The lowest BCUT2D eigenvalue weighted by Gasteiger charge is -2.16. The van der Waals surface area contributed by atoms with Crippen LogP contribution < -0.4 is 5.73 Å². The summed E-state index contributed by atoms with van der Waals surface area (Å²) < 4.78 is 38.7. The van der Waals surface area contributed by atoms with Gasteiger partial charge in [-0.3, -0.25) is 0 Å². The second-order valence-electron chi connectivity index (χ2n) is 3.56. The summed E-state index contributed by atoms with van der Waals surface area (Å²) in [5, 5.41) is 0. The van der Waals surface area contributed by atoms with Crippen LogP contribution in [0, 0.1) is 23.4 Å². The molecular formula is C10H12F3N. The van der Waals surface area contributed by atoms with Crippen LogP contribution in [0.3, 0.4) is 0 Å². The average Bonchev–Trinajstić information content (AvgIpc) is 2.09. The van der Waals surface area contributed by atoms with Gasteiger partial charge in [0.25, 0.3) is 0 Å². The second-order valence-corrected chi connectivity index (χ2v) is 3.56. The van der Waals surface area contributed by atoms with Gasteiger partial charge in [-0.2, -0.15) is 0 Å². The lowest BCUT2D eigenvalue weighted by atomic mass is 9.96. The maximum Gasteiger partial charge on any atom is 0.163 e. The number of hydrogen-bond acceptors (Lipinski definition) is 1. The van der Waals surface area contributed by atoms with Crippen LogP contribution in [0.5, 0.6) is 0 Å². The van der Waals surface area contributed by atoms with E-state index in [0.717, 1.165) is 6.07 Å². The molecule has 0 aromatic heterocycles. The first-order chi connectivity index (χ1) is 6.43. The van der Waals surface area contributed by atoms with Gasteiger partial charge >= 0.3 is 0 Å².